The highest BCUT2D eigenvalue weighted by Crippen LogP contribution is 2.30. The molecule has 1 unspecified atom stereocenters. The van der Waals surface area contributed by atoms with E-state index in [0.29, 0.717) is 26.4 Å². The second-order valence-electron chi connectivity index (χ2n) is 7.32. The van der Waals surface area contributed by atoms with E-state index in [1.165, 1.54) is 28.7 Å². The largest absolute Gasteiger partial charge is 0.301 e. The van der Waals surface area contributed by atoms with E-state index < -0.39 is 5.25 Å². The number of rotatable bonds is 6. The molecule has 0 fully saturated rings. The second kappa shape index (κ2) is 10.2. The van der Waals surface area contributed by atoms with Crippen molar-refractivity contribution in [2.24, 2.45) is 0 Å². The molecule has 8 heteroatoms. The van der Waals surface area contributed by atoms with Crippen molar-refractivity contribution in [3.63, 3.8) is 0 Å². The number of carbonyl (C=O) groups is 1. The predicted molar refractivity (Wildman–Crippen MR) is 136 cm³/mol. The lowest BCUT2D eigenvalue weighted by molar-refractivity contribution is -0.115. The first-order valence-corrected chi connectivity index (χ1v) is 12.2. The fourth-order valence-electron chi connectivity index (χ4n) is 3.01. The van der Waals surface area contributed by atoms with Gasteiger partial charge in [0.25, 0.3) is 0 Å². The fraction of sp³-hybridized carbons (Fsp3) is 0.120. The van der Waals surface area contributed by atoms with Gasteiger partial charge in [-0.15, -0.1) is 11.3 Å². The number of aromatic nitrogens is 2. The Morgan fingerprint density at radius 1 is 1.03 bits per heavy atom. The van der Waals surface area contributed by atoms with Gasteiger partial charge >= 0.3 is 0 Å². The molecule has 33 heavy (non-hydrogen) atoms. The van der Waals surface area contributed by atoms with Crippen molar-refractivity contribution in [2.75, 3.05) is 5.32 Å². The summed E-state index contributed by atoms with van der Waals surface area (Å²) in [7, 11) is 0. The Bertz CT molecular complexity index is 1330. The Morgan fingerprint density at radius 3 is 2.39 bits per heavy atom. The van der Waals surface area contributed by atoms with E-state index in [2.05, 4.69) is 21.4 Å². The standard InChI is InChI=1S/C25H19ClN4OS2/c1-15-3-5-18(6-4-15)22-14-32-25(29-22)30-23(31)16(2)33-24-19(13-27)9-12-21(28-24)17-7-10-20(26)11-8-17/h3-12,14,16H,1-2H3,(H,29,30,31). The van der Waals surface area contributed by atoms with Crippen LogP contribution in [0.2, 0.25) is 5.02 Å². The fourth-order valence-corrected chi connectivity index (χ4v) is 4.75. The van der Waals surface area contributed by atoms with E-state index in [-0.39, 0.29) is 5.91 Å². The molecule has 2 aromatic heterocycles. The SMILES string of the molecule is Cc1ccc(-c2csc(NC(=O)C(C)Sc3nc(-c4ccc(Cl)cc4)ccc3C#N)n2)cc1. The van der Waals surface area contributed by atoms with Crippen LogP contribution in [0.15, 0.2) is 71.1 Å². The van der Waals surface area contributed by atoms with Crippen molar-refractivity contribution in [3.05, 3.63) is 82.2 Å². The third kappa shape index (κ3) is 5.60. The van der Waals surface area contributed by atoms with E-state index in [4.69, 9.17) is 11.6 Å². The van der Waals surface area contributed by atoms with E-state index in [1.54, 1.807) is 31.2 Å². The maximum absolute atomic E-state index is 12.8. The first-order chi connectivity index (χ1) is 15.9. The Balaban J connectivity index is 1.47. The van der Waals surface area contributed by atoms with Gasteiger partial charge in [0.1, 0.15) is 11.1 Å². The molecule has 1 N–H and O–H groups in total. The van der Waals surface area contributed by atoms with Crippen LogP contribution >= 0.6 is 34.7 Å². The van der Waals surface area contributed by atoms with Crippen LogP contribution in [0, 0.1) is 18.3 Å². The molecule has 164 valence electrons. The third-order valence-electron chi connectivity index (χ3n) is 4.86. The predicted octanol–water partition coefficient (Wildman–Crippen LogP) is 6.82. The summed E-state index contributed by atoms with van der Waals surface area (Å²) in [5.41, 5.74) is 5.02. The van der Waals surface area contributed by atoms with Gasteiger partial charge in [-0.3, -0.25) is 4.79 Å². The lowest BCUT2D eigenvalue weighted by Gasteiger charge is -2.12. The number of nitrogens with one attached hydrogen (secondary N) is 1. The Hall–Kier alpha value is -3.18. The number of halogens is 1. The summed E-state index contributed by atoms with van der Waals surface area (Å²) in [5, 5.41) is 15.5. The van der Waals surface area contributed by atoms with E-state index >= 15 is 0 Å². The van der Waals surface area contributed by atoms with E-state index in [1.807, 2.05) is 48.7 Å². The number of thioether (sulfide) groups is 1. The van der Waals surface area contributed by atoms with Crippen LogP contribution in [-0.2, 0) is 4.79 Å². The van der Waals surface area contributed by atoms with Gasteiger partial charge in [-0.25, -0.2) is 9.97 Å². The number of hydrogen-bond acceptors (Lipinski definition) is 6. The quantitative estimate of drug-likeness (QED) is 0.300. The van der Waals surface area contributed by atoms with Crippen molar-refractivity contribution in [2.45, 2.75) is 24.1 Å². The van der Waals surface area contributed by atoms with E-state index in [0.717, 1.165) is 16.8 Å². The lowest BCUT2D eigenvalue weighted by Crippen LogP contribution is -2.22. The molecule has 0 saturated carbocycles. The molecule has 5 nitrogen and oxygen atoms in total. The molecular formula is C25H19ClN4OS2. The molecule has 0 radical (unpaired) electrons. The number of amides is 1. The molecule has 0 bridgehead atoms. The van der Waals surface area contributed by atoms with Crippen molar-refractivity contribution in [1.29, 1.82) is 5.26 Å². The highest BCUT2D eigenvalue weighted by molar-refractivity contribution is 8.00. The van der Waals surface area contributed by atoms with Crippen LogP contribution in [-0.4, -0.2) is 21.1 Å². The van der Waals surface area contributed by atoms with Gasteiger partial charge in [-0.1, -0.05) is 65.3 Å². The topological polar surface area (TPSA) is 78.7 Å². The average Bonchev–Trinajstić information content (AvgIpc) is 3.28. The number of pyridine rings is 1. The van der Waals surface area contributed by atoms with Gasteiger partial charge in [-0.2, -0.15) is 5.26 Å². The Morgan fingerprint density at radius 2 is 1.70 bits per heavy atom. The Labute approximate surface area is 205 Å². The number of aryl methyl sites for hydroxylation is 1. The van der Waals surface area contributed by atoms with Crippen LogP contribution in [0.4, 0.5) is 5.13 Å². The number of benzene rings is 2. The molecule has 1 atom stereocenters. The van der Waals surface area contributed by atoms with E-state index in [9.17, 15) is 10.1 Å². The summed E-state index contributed by atoms with van der Waals surface area (Å²) in [6.45, 7) is 3.82. The molecule has 0 aliphatic carbocycles. The zero-order valence-corrected chi connectivity index (χ0v) is 20.3. The minimum Gasteiger partial charge on any atom is -0.301 e. The molecule has 4 aromatic rings. The highest BCUT2D eigenvalue weighted by Gasteiger charge is 2.19. The molecular weight excluding hydrogens is 472 g/mol. The minimum absolute atomic E-state index is 0.201. The summed E-state index contributed by atoms with van der Waals surface area (Å²) in [5.74, 6) is -0.201. The molecule has 1 amide bonds. The molecule has 0 aliphatic rings. The normalized spacial score (nSPS) is 11.6. The lowest BCUT2D eigenvalue weighted by atomic mass is 10.1. The maximum atomic E-state index is 12.8. The summed E-state index contributed by atoms with van der Waals surface area (Å²) in [4.78, 5) is 22.0. The molecule has 4 rings (SSSR count). The molecule has 0 spiro atoms. The van der Waals surface area contributed by atoms with Gasteiger partial charge in [-0.05, 0) is 38.1 Å². The number of anilines is 1. The highest BCUT2D eigenvalue weighted by atomic mass is 35.5. The summed E-state index contributed by atoms with van der Waals surface area (Å²) < 4.78 is 0. The zero-order valence-electron chi connectivity index (χ0n) is 17.9. The van der Waals surface area contributed by atoms with Crippen molar-refractivity contribution < 1.29 is 4.79 Å². The number of thiazole rings is 1. The van der Waals surface area contributed by atoms with Crippen LogP contribution in [0.3, 0.4) is 0 Å². The average molecular weight is 491 g/mol. The van der Waals surface area contributed by atoms with Gasteiger partial charge < -0.3 is 5.32 Å². The first kappa shape index (κ1) is 23.0. The van der Waals surface area contributed by atoms with Crippen LogP contribution in [0.5, 0.6) is 0 Å². The Kier molecular flexibility index (Phi) is 7.09. The molecule has 2 heterocycles. The van der Waals surface area contributed by atoms with Gasteiger partial charge in [0, 0.05) is 21.5 Å². The number of hydrogen-bond donors (Lipinski definition) is 1. The third-order valence-corrected chi connectivity index (χ3v) is 6.97. The number of carbonyl (C=O) groups excluding carboxylic acids is 1. The van der Waals surface area contributed by atoms with Crippen LogP contribution in [0.1, 0.15) is 18.1 Å². The molecule has 0 aliphatic heterocycles. The smallest absolute Gasteiger partial charge is 0.239 e. The van der Waals surface area contributed by atoms with Gasteiger partial charge in [0.2, 0.25) is 5.91 Å². The minimum atomic E-state index is -0.475. The van der Waals surface area contributed by atoms with Crippen molar-refractivity contribution in [1.82, 2.24) is 9.97 Å². The number of nitrogens with zero attached hydrogens (tertiary/aromatic N) is 3. The van der Waals surface area contributed by atoms with Gasteiger partial charge in [0.05, 0.1) is 22.2 Å². The zero-order chi connectivity index (χ0) is 23.4. The number of nitriles is 1. The molecule has 2 aromatic carbocycles. The first-order valence-electron chi connectivity index (χ1n) is 10.1. The molecule has 0 saturated heterocycles. The van der Waals surface area contributed by atoms with Crippen LogP contribution in [0.25, 0.3) is 22.5 Å². The summed E-state index contributed by atoms with van der Waals surface area (Å²) in [6, 6.07) is 21.1. The van der Waals surface area contributed by atoms with Gasteiger partial charge in [0.15, 0.2) is 5.13 Å². The van der Waals surface area contributed by atoms with Crippen LogP contribution < -0.4 is 5.32 Å². The maximum Gasteiger partial charge on any atom is 0.239 e. The summed E-state index contributed by atoms with van der Waals surface area (Å²) >= 11 is 8.60. The second-order valence-corrected chi connectivity index (χ2v) is 9.95. The van der Waals surface area contributed by atoms with Crippen molar-refractivity contribution >= 4 is 45.7 Å². The summed E-state index contributed by atoms with van der Waals surface area (Å²) in [6.07, 6.45) is 0. The van der Waals surface area contributed by atoms with Crippen molar-refractivity contribution in [3.8, 4) is 28.6 Å². The monoisotopic (exact) mass is 490 g/mol.